The van der Waals surface area contributed by atoms with Crippen molar-refractivity contribution < 1.29 is 0 Å². The van der Waals surface area contributed by atoms with Crippen LogP contribution in [0.2, 0.25) is 0 Å². The summed E-state index contributed by atoms with van der Waals surface area (Å²) in [6, 6.07) is 16.4. The Balaban J connectivity index is 1.82. The molecule has 1 N–H and O–H groups in total. The Bertz CT molecular complexity index is 615. The molecule has 0 saturated heterocycles. The van der Waals surface area contributed by atoms with Gasteiger partial charge in [-0.1, -0.05) is 55.0 Å². The summed E-state index contributed by atoms with van der Waals surface area (Å²) in [6.45, 7) is 5.36. The minimum absolute atomic E-state index is 0.411. The lowest BCUT2D eigenvalue weighted by molar-refractivity contribution is 0.549. The number of hydrogen-bond donors (Lipinski definition) is 1. The second-order valence-electron chi connectivity index (χ2n) is 6.19. The highest BCUT2D eigenvalue weighted by Gasteiger charge is 2.14. The van der Waals surface area contributed by atoms with Crippen LogP contribution in [0.15, 0.2) is 42.5 Å². The highest BCUT2D eigenvalue weighted by molar-refractivity contribution is 5.36. The van der Waals surface area contributed by atoms with Gasteiger partial charge < -0.3 is 5.32 Å². The molecule has 0 fully saturated rings. The second-order valence-corrected chi connectivity index (χ2v) is 6.19. The van der Waals surface area contributed by atoms with E-state index >= 15 is 0 Å². The van der Waals surface area contributed by atoms with Crippen LogP contribution >= 0.6 is 0 Å². The van der Waals surface area contributed by atoms with Crippen LogP contribution in [0.3, 0.4) is 0 Å². The van der Waals surface area contributed by atoms with Gasteiger partial charge in [-0.05, 0) is 61.4 Å². The minimum atomic E-state index is 0.411. The summed E-state index contributed by atoms with van der Waals surface area (Å²) in [7, 11) is 0. The summed E-state index contributed by atoms with van der Waals surface area (Å²) in [5, 5.41) is 3.64. The lowest BCUT2D eigenvalue weighted by atomic mass is 9.95. The van der Waals surface area contributed by atoms with Crippen LogP contribution in [-0.4, -0.2) is 6.54 Å². The zero-order valence-corrected chi connectivity index (χ0v) is 13.2. The van der Waals surface area contributed by atoms with Gasteiger partial charge in [0.25, 0.3) is 0 Å². The van der Waals surface area contributed by atoms with Crippen molar-refractivity contribution in [3.63, 3.8) is 0 Å². The lowest BCUT2D eigenvalue weighted by Crippen LogP contribution is -2.23. The third kappa shape index (κ3) is 3.36. The molecule has 2 aromatic rings. The molecule has 1 aliphatic rings. The van der Waals surface area contributed by atoms with Gasteiger partial charge in [-0.25, -0.2) is 0 Å². The highest BCUT2D eigenvalue weighted by atomic mass is 14.9. The molecule has 0 bridgehead atoms. The molecule has 110 valence electrons. The van der Waals surface area contributed by atoms with Gasteiger partial charge in [0.2, 0.25) is 0 Å². The van der Waals surface area contributed by atoms with Crippen molar-refractivity contribution in [1.29, 1.82) is 0 Å². The van der Waals surface area contributed by atoms with Crippen LogP contribution < -0.4 is 5.32 Å². The van der Waals surface area contributed by atoms with E-state index in [2.05, 4.69) is 61.6 Å². The molecule has 0 saturated carbocycles. The normalized spacial score (nSPS) is 15.0. The molecule has 1 nitrogen and oxygen atoms in total. The van der Waals surface area contributed by atoms with E-state index in [1.165, 1.54) is 36.0 Å². The van der Waals surface area contributed by atoms with E-state index in [1.54, 1.807) is 11.1 Å². The summed E-state index contributed by atoms with van der Waals surface area (Å²) in [5.41, 5.74) is 7.34. The van der Waals surface area contributed by atoms with Crippen LogP contribution in [0.4, 0.5) is 0 Å². The van der Waals surface area contributed by atoms with Crippen LogP contribution in [0.1, 0.15) is 47.2 Å². The Hall–Kier alpha value is -1.60. The molecular weight excluding hydrogens is 254 g/mol. The number of rotatable bonds is 5. The first-order chi connectivity index (χ1) is 10.3. The van der Waals surface area contributed by atoms with Gasteiger partial charge >= 0.3 is 0 Å². The molecular formula is C20H25N. The summed E-state index contributed by atoms with van der Waals surface area (Å²) in [4.78, 5) is 0. The zero-order valence-electron chi connectivity index (χ0n) is 13.2. The fraction of sp³-hybridized carbons (Fsp3) is 0.400. The molecule has 0 heterocycles. The molecule has 21 heavy (non-hydrogen) atoms. The van der Waals surface area contributed by atoms with E-state index in [0.29, 0.717) is 6.04 Å². The number of benzene rings is 2. The van der Waals surface area contributed by atoms with Crippen molar-refractivity contribution in [1.82, 2.24) is 5.32 Å². The second kappa shape index (κ2) is 6.44. The molecule has 1 heteroatoms. The first-order valence-electron chi connectivity index (χ1n) is 8.17. The predicted octanol–water partition coefficient (Wildman–Crippen LogP) is 4.38. The highest BCUT2D eigenvalue weighted by Crippen LogP contribution is 2.26. The molecule has 0 spiro atoms. The van der Waals surface area contributed by atoms with Crippen LogP contribution in [0, 0.1) is 6.92 Å². The van der Waals surface area contributed by atoms with Gasteiger partial charge in [-0.2, -0.15) is 0 Å². The Morgan fingerprint density at radius 2 is 1.90 bits per heavy atom. The van der Waals surface area contributed by atoms with Crippen molar-refractivity contribution in [2.24, 2.45) is 0 Å². The first kappa shape index (κ1) is 14.3. The minimum Gasteiger partial charge on any atom is -0.310 e. The zero-order chi connectivity index (χ0) is 14.7. The third-order valence-electron chi connectivity index (χ3n) is 4.50. The Morgan fingerprint density at radius 3 is 2.71 bits per heavy atom. The van der Waals surface area contributed by atoms with E-state index in [9.17, 15) is 0 Å². The Labute approximate surface area is 128 Å². The maximum Gasteiger partial charge on any atom is 0.0360 e. The molecule has 0 aromatic heterocycles. The van der Waals surface area contributed by atoms with Crippen molar-refractivity contribution in [3.8, 4) is 0 Å². The van der Waals surface area contributed by atoms with Crippen LogP contribution in [0.5, 0.6) is 0 Å². The summed E-state index contributed by atoms with van der Waals surface area (Å²) >= 11 is 0. The van der Waals surface area contributed by atoms with E-state index in [4.69, 9.17) is 0 Å². The van der Waals surface area contributed by atoms with E-state index < -0.39 is 0 Å². The molecule has 0 amide bonds. The average Bonchev–Trinajstić information content (AvgIpc) is 2.94. The van der Waals surface area contributed by atoms with E-state index in [0.717, 1.165) is 13.0 Å². The summed E-state index contributed by atoms with van der Waals surface area (Å²) in [5.74, 6) is 0. The molecule has 1 unspecified atom stereocenters. The van der Waals surface area contributed by atoms with Gasteiger partial charge in [0.05, 0.1) is 0 Å². The van der Waals surface area contributed by atoms with Crippen molar-refractivity contribution in [2.75, 3.05) is 6.54 Å². The van der Waals surface area contributed by atoms with E-state index in [-0.39, 0.29) is 0 Å². The largest absolute Gasteiger partial charge is 0.310 e. The SMILES string of the molecule is CCNC(Cc1ccc2c(c1)CCC2)c1cccc(C)c1. The fourth-order valence-corrected chi connectivity index (χ4v) is 3.43. The van der Waals surface area contributed by atoms with Crippen LogP contribution in [-0.2, 0) is 19.3 Å². The van der Waals surface area contributed by atoms with Gasteiger partial charge in [0.15, 0.2) is 0 Å². The molecule has 3 rings (SSSR count). The number of likely N-dealkylation sites (N-methyl/N-ethyl adjacent to an activating group) is 1. The lowest BCUT2D eigenvalue weighted by Gasteiger charge is -2.19. The molecule has 2 aromatic carbocycles. The Kier molecular flexibility index (Phi) is 4.40. The fourth-order valence-electron chi connectivity index (χ4n) is 3.43. The van der Waals surface area contributed by atoms with Crippen molar-refractivity contribution in [2.45, 2.75) is 45.6 Å². The number of fused-ring (bicyclic) bond motifs is 1. The smallest absolute Gasteiger partial charge is 0.0360 e. The molecule has 1 atom stereocenters. The molecule has 1 aliphatic carbocycles. The van der Waals surface area contributed by atoms with Crippen molar-refractivity contribution in [3.05, 3.63) is 70.3 Å². The topological polar surface area (TPSA) is 12.0 Å². The van der Waals surface area contributed by atoms with Gasteiger partial charge in [-0.15, -0.1) is 0 Å². The predicted molar refractivity (Wildman–Crippen MR) is 89.8 cm³/mol. The standard InChI is InChI=1S/C20H25N/c1-3-21-20(19-9-4-6-15(2)12-19)14-16-10-11-17-7-5-8-18(17)13-16/h4,6,9-13,20-21H,3,5,7-8,14H2,1-2H3. The average molecular weight is 279 g/mol. The first-order valence-corrected chi connectivity index (χ1v) is 8.17. The van der Waals surface area contributed by atoms with Gasteiger partial charge in [0.1, 0.15) is 0 Å². The maximum absolute atomic E-state index is 3.64. The number of aryl methyl sites for hydroxylation is 3. The maximum atomic E-state index is 3.64. The monoisotopic (exact) mass is 279 g/mol. The molecule has 0 radical (unpaired) electrons. The van der Waals surface area contributed by atoms with Crippen molar-refractivity contribution >= 4 is 0 Å². The summed E-state index contributed by atoms with van der Waals surface area (Å²) < 4.78 is 0. The summed E-state index contributed by atoms with van der Waals surface area (Å²) in [6.07, 6.45) is 4.93. The number of nitrogens with one attached hydrogen (secondary N) is 1. The molecule has 0 aliphatic heterocycles. The van der Waals surface area contributed by atoms with E-state index in [1.807, 2.05) is 0 Å². The van der Waals surface area contributed by atoms with Gasteiger partial charge in [0, 0.05) is 6.04 Å². The Morgan fingerprint density at radius 1 is 1.05 bits per heavy atom. The van der Waals surface area contributed by atoms with Gasteiger partial charge in [-0.3, -0.25) is 0 Å². The number of hydrogen-bond acceptors (Lipinski definition) is 1. The quantitative estimate of drug-likeness (QED) is 0.856. The third-order valence-corrected chi connectivity index (χ3v) is 4.50. The van der Waals surface area contributed by atoms with Crippen LogP contribution in [0.25, 0.3) is 0 Å².